The zero-order chi connectivity index (χ0) is 26.2. The SMILES string of the molecule is O=C(C1CCN(S(=O)(=O)c2ccccc2F)CC1)N(Cc1ccccn1)c1nc2c(F)cc(F)cc2s1. The molecule has 1 aliphatic rings. The zero-order valence-electron chi connectivity index (χ0n) is 19.4. The van der Waals surface area contributed by atoms with E-state index in [0.29, 0.717) is 5.69 Å². The summed E-state index contributed by atoms with van der Waals surface area (Å²) in [5, 5.41) is 0.191. The Hall–Kier alpha value is -3.35. The summed E-state index contributed by atoms with van der Waals surface area (Å²) >= 11 is 0.987. The standard InChI is InChI=1S/C25H21F3N4O3S2/c26-17-13-20(28)23-21(14-17)36-25(30-23)32(15-18-5-3-4-10-29-18)24(33)16-8-11-31(12-9-16)37(34,35)22-7-2-1-6-19(22)27/h1-7,10,13-14,16H,8-9,11-12,15H2. The second kappa shape index (κ2) is 10.2. The smallest absolute Gasteiger partial charge is 0.245 e. The van der Waals surface area contributed by atoms with Crippen LogP contribution in [0.3, 0.4) is 0 Å². The average Bonchev–Trinajstić information content (AvgIpc) is 3.32. The first-order chi connectivity index (χ1) is 17.7. The molecule has 37 heavy (non-hydrogen) atoms. The third kappa shape index (κ3) is 5.09. The molecule has 0 saturated carbocycles. The van der Waals surface area contributed by atoms with Gasteiger partial charge in [0.2, 0.25) is 15.9 Å². The predicted octanol–water partition coefficient (Wildman–Crippen LogP) is 4.74. The van der Waals surface area contributed by atoms with Crippen LogP contribution in [0.2, 0.25) is 0 Å². The maximum Gasteiger partial charge on any atom is 0.245 e. The van der Waals surface area contributed by atoms with Crippen LogP contribution in [0.15, 0.2) is 65.7 Å². The van der Waals surface area contributed by atoms with Crippen LogP contribution in [0, 0.1) is 23.4 Å². The Morgan fingerprint density at radius 3 is 2.46 bits per heavy atom. The van der Waals surface area contributed by atoms with Gasteiger partial charge in [-0.15, -0.1) is 0 Å². The Morgan fingerprint density at radius 2 is 1.76 bits per heavy atom. The van der Waals surface area contributed by atoms with Crippen molar-refractivity contribution in [3.63, 3.8) is 0 Å². The Kier molecular flexibility index (Phi) is 6.97. The van der Waals surface area contributed by atoms with Crippen molar-refractivity contribution >= 4 is 42.6 Å². The Morgan fingerprint density at radius 1 is 1.03 bits per heavy atom. The average molecular weight is 547 g/mol. The van der Waals surface area contributed by atoms with Crippen LogP contribution in [0.25, 0.3) is 10.2 Å². The first-order valence-corrected chi connectivity index (χ1v) is 13.7. The summed E-state index contributed by atoms with van der Waals surface area (Å²) in [6.07, 6.45) is 2.00. The zero-order valence-corrected chi connectivity index (χ0v) is 21.0. The Bertz CT molecular complexity index is 1560. The lowest BCUT2D eigenvalue weighted by atomic mass is 9.96. The molecule has 0 spiro atoms. The Labute approximate surface area is 215 Å². The molecule has 1 fully saturated rings. The van der Waals surface area contributed by atoms with Gasteiger partial charge in [-0.3, -0.25) is 14.7 Å². The molecule has 0 unspecified atom stereocenters. The molecule has 0 aliphatic carbocycles. The van der Waals surface area contributed by atoms with Crippen molar-refractivity contribution < 1.29 is 26.4 Å². The van der Waals surface area contributed by atoms with Crippen molar-refractivity contribution in [2.75, 3.05) is 18.0 Å². The largest absolute Gasteiger partial charge is 0.282 e. The van der Waals surface area contributed by atoms with Crippen LogP contribution >= 0.6 is 11.3 Å². The lowest BCUT2D eigenvalue weighted by Crippen LogP contribution is -2.44. The van der Waals surface area contributed by atoms with Crippen LogP contribution in [-0.2, 0) is 21.4 Å². The summed E-state index contributed by atoms with van der Waals surface area (Å²) in [4.78, 5) is 23.2. The van der Waals surface area contributed by atoms with Gasteiger partial charge in [0.15, 0.2) is 10.9 Å². The molecule has 0 atom stereocenters. The third-order valence-electron chi connectivity index (χ3n) is 6.20. The summed E-state index contributed by atoms with van der Waals surface area (Å²) in [7, 11) is -4.05. The number of anilines is 1. The van der Waals surface area contributed by atoms with E-state index in [1.165, 1.54) is 27.4 Å². The van der Waals surface area contributed by atoms with Gasteiger partial charge in [-0.1, -0.05) is 29.5 Å². The first-order valence-electron chi connectivity index (χ1n) is 11.5. The summed E-state index contributed by atoms with van der Waals surface area (Å²) in [6.45, 7) is 0.117. The molecular weight excluding hydrogens is 525 g/mol. The monoisotopic (exact) mass is 546 g/mol. The van der Waals surface area contributed by atoms with Crippen molar-refractivity contribution in [2.24, 2.45) is 5.92 Å². The third-order valence-corrected chi connectivity index (χ3v) is 9.16. The molecule has 2 aromatic heterocycles. The number of amides is 1. The molecule has 192 valence electrons. The molecule has 1 aliphatic heterocycles. The van der Waals surface area contributed by atoms with E-state index in [-0.39, 0.29) is 53.7 Å². The van der Waals surface area contributed by atoms with Crippen LogP contribution in [-0.4, -0.2) is 41.7 Å². The topological polar surface area (TPSA) is 83.5 Å². The Balaban J connectivity index is 1.40. The quantitative estimate of drug-likeness (QED) is 0.349. The number of pyridine rings is 1. The number of carbonyl (C=O) groups excluding carboxylic acids is 1. The highest BCUT2D eigenvalue weighted by atomic mass is 32.2. The highest BCUT2D eigenvalue weighted by Crippen LogP contribution is 2.34. The maximum atomic E-state index is 14.3. The number of thiazole rings is 1. The molecule has 5 rings (SSSR count). The van der Waals surface area contributed by atoms with Crippen molar-refractivity contribution in [1.29, 1.82) is 0 Å². The van der Waals surface area contributed by atoms with Crippen LogP contribution < -0.4 is 4.90 Å². The van der Waals surface area contributed by atoms with Gasteiger partial charge in [0.1, 0.15) is 22.0 Å². The fourth-order valence-electron chi connectivity index (χ4n) is 4.31. The number of rotatable bonds is 6. The van der Waals surface area contributed by atoms with E-state index in [1.807, 2.05) is 0 Å². The number of benzene rings is 2. The molecule has 1 amide bonds. The highest BCUT2D eigenvalue weighted by molar-refractivity contribution is 7.89. The maximum absolute atomic E-state index is 14.3. The number of aromatic nitrogens is 2. The number of sulfonamides is 1. The lowest BCUT2D eigenvalue weighted by Gasteiger charge is -2.33. The minimum Gasteiger partial charge on any atom is -0.282 e. The van der Waals surface area contributed by atoms with E-state index in [0.717, 1.165) is 29.5 Å². The van der Waals surface area contributed by atoms with Gasteiger partial charge in [-0.2, -0.15) is 4.31 Å². The minimum absolute atomic E-state index is 0.0319. The number of carbonyl (C=O) groups is 1. The van der Waals surface area contributed by atoms with Crippen molar-refractivity contribution in [1.82, 2.24) is 14.3 Å². The molecule has 0 radical (unpaired) electrons. The van der Waals surface area contributed by atoms with E-state index in [4.69, 9.17) is 0 Å². The van der Waals surface area contributed by atoms with Gasteiger partial charge >= 0.3 is 0 Å². The molecule has 0 bridgehead atoms. The highest BCUT2D eigenvalue weighted by Gasteiger charge is 2.36. The molecular formula is C25H21F3N4O3S2. The fourth-order valence-corrected chi connectivity index (χ4v) is 6.86. The molecule has 7 nitrogen and oxygen atoms in total. The summed E-state index contributed by atoms with van der Waals surface area (Å²) < 4.78 is 69.6. The normalized spacial score (nSPS) is 15.2. The number of hydrogen-bond donors (Lipinski definition) is 0. The van der Waals surface area contributed by atoms with Crippen molar-refractivity contribution in [3.8, 4) is 0 Å². The number of nitrogens with zero attached hydrogens (tertiary/aromatic N) is 4. The van der Waals surface area contributed by atoms with Gasteiger partial charge in [-0.25, -0.2) is 26.6 Å². The van der Waals surface area contributed by atoms with Crippen molar-refractivity contribution in [2.45, 2.75) is 24.3 Å². The first kappa shape index (κ1) is 25.3. The van der Waals surface area contributed by atoms with Crippen LogP contribution in [0.4, 0.5) is 18.3 Å². The van der Waals surface area contributed by atoms with E-state index in [1.54, 1.807) is 24.4 Å². The number of fused-ring (bicyclic) bond motifs is 1. The number of halogens is 3. The van der Waals surface area contributed by atoms with Gasteiger partial charge in [-0.05, 0) is 43.2 Å². The summed E-state index contributed by atoms with van der Waals surface area (Å²) in [5.41, 5.74) is 0.535. The van der Waals surface area contributed by atoms with Gasteiger partial charge in [0.05, 0.1) is 16.9 Å². The van der Waals surface area contributed by atoms with Gasteiger partial charge < -0.3 is 0 Å². The summed E-state index contributed by atoms with van der Waals surface area (Å²) in [6, 6.07) is 12.3. The number of hydrogen-bond acceptors (Lipinski definition) is 6. The summed E-state index contributed by atoms with van der Waals surface area (Å²) in [5.74, 6) is -3.28. The molecule has 1 saturated heterocycles. The minimum atomic E-state index is -4.05. The molecule has 2 aromatic carbocycles. The second-order valence-electron chi connectivity index (χ2n) is 8.59. The number of piperidine rings is 1. The predicted molar refractivity (Wildman–Crippen MR) is 133 cm³/mol. The van der Waals surface area contributed by atoms with Gasteiger partial charge in [0.25, 0.3) is 0 Å². The van der Waals surface area contributed by atoms with E-state index < -0.39 is 38.3 Å². The molecule has 3 heterocycles. The van der Waals surface area contributed by atoms with Crippen LogP contribution in [0.1, 0.15) is 18.5 Å². The molecule has 4 aromatic rings. The van der Waals surface area contributed by atoms with Crippen molar-refractivity contribution in [3.05, 3.63) is 83.9 Å². The lowest BCUT2D eigenvalue weighted by molar-refractivity contribution is -0.123. The fraction of sp³-hybridized carbons (Fsp3) is 0.240. The van der Waals surface area contributed by atoms with E-state index in [9.17, 15) is 26.4 Å². The van der Waals surface area contributed by atoms with E-state index >= 15 is 0 Å². The van der Waals surface area contributed by atoms with E-state index in [2.05, 4.69) is 9.97 Å². The molecule has 0 N–H and O–H groups in total. The van der Waals surface area contributed by atoms with Gasteiger partial charge in [0, 0.05) is 31.3 Å². The van der Waals surface area contributed by atoms with Crippen LogP contribution in [0.5, 0.6) is 0 Å². The second-order valence-corrected chi connectivity index (χ2v) is 11.5. The molecule has 12 heteroatoms.